The largest absolute Gasteiger partial charge is 0.501 e. The Morgan fingerprint density at radius 2 is 2.27 bits per heavy atom. The summed E-state index contributed by atoms with van der Waals surface area (Å²) in [6.45, 7) is 2.05. The van der Waals surface area contributed by atoms with Gasteiger partial charge in [0.25, 0.3) is 0 Å². The monoisotopic (exact) mass is 276 g/mol. The fourth-order valence-corrected chi connectivity index (χ4v) is 0.480. The number of hydrogen-bond donors (Lipinski definition) is 0. The molecule has 0 unspecified atom stereocenters. The second-order valence-corrected chi connectivity index (χ2v) is 2.97. The topological polar surface area (TPSA) is 26.3 Å². The Labute approximate surface area is 76.7 Å². The lowest BCUT2D eigenvalue weighted by atomic mass is 10.4. The van der Waals surface area contributed by atoms with Crippen LogP contribution in [0.4, 0.5) is 8.78 Å². The second kappa shape index (κ2) is 4.63. The third-order valence-corrected chi connectivity index (χ3v) is 1.29. The SMILES string of the molecule is CCO/C=C/C(=O)C(F)(F)I. The van der Waals surface area contributed by atoms with Crippen LogP contribution in [0, 0.1) is 0 Å². The minimum absolute atomic E-state index is 0.358. The van der Waals surface area contributed by atoms with E-state index < -0.39 is 9.71 Å². The van der Waals surface area contributed by atoms with Gasteiger partial charge in [-0.25, -0.2) is 0 Å². The van der Waals surface area contributed by atoms with Gasteiger partial charge in [-0.05, 0) is 6.92 Å². The fraction of sp³-hybridized carbons (Fsp3) is 0.500. The average molecular weight is 276 g/mol. The third kappa shape index (κ3) is 5.11. The molecule has 0 bridgehead atoms. The molecule has 0 N–H and O–H groups in total. The molecule has 0 aromatic rings. The van der Waals surface area contributed by atoms with Crippen molar-refractivity contribution < 1.29 is 18.3 Å². The maximum Gasteiger partial charge on any atom is 0.357 e. The number of halogens is 3. The van der Waals surface area contributed by atoms with Crippen molar-refractivity contribution in [2.24, 2.45) is 0 Å². The lowest BCUT2D eigenvalue weighted by molar-refractivity contribution is -0.126. The second-order valence-electron chi connectivity index (χ2n) is 1.62. The summed E-state index contributed by atoms with van der Waals surface area (Å²) in [6, 6.07) is 0. The molecule has 0 fully saturated rings. The normalized spacial score (nSPS) is 12.0. The lowest BCUT2D eigenvalue weighted by Crippen LogP contribution is -2.17. The van der Waals surface area contributed by atoms with Gasteiger partial charge < -0.3 is 4.74 Å². The Bertz CT molecular complexity index is 162. The summed E-state index contributed by atoms with van der Waals surface area (Å²) in [5, 5.41) is 0. The maximum atomic E-state index is 12.1. The summed E-state index contributed by atoms with van der Waals surface area (Å²) in [5.74, 6) is -1.26. The summed E-state index contributed by atoms with van der Waals surface area (Å²) in [4.78, 5) is 10.4. The average Bonchev–Trinajstić information content (AvgIpc) is 1.86. The van der Waals surface area contributed by atoms with Crippen molar-refractivity contribution in [1.82, 2.24) is 0 Å². The molecule has 64 valence electrons. The van der Waals surface area contributed by atoms with Crippen molar-refractivity contribution in [2.75, 3.05) is 6.61 Å². The number of ether oxygens (including phenoxy) is 1. The minimum atomic E-state index is -3.33. The summed E-state index contributed by atoms with van der Waals surface area (Å²) < 4.78 is 25.4. The van der Waals surface area contributed by atoms with Crippen LogP contribution in [0.2, 0.25) is 0 Å². The zero-order valence-corrected chi connectivity index (χ0v) is 7.97. The number of rotatable bonds is 4. The van der Waals surface area contributed by atoms with Crippen LogP contribution in [0.3, 0.4) is 0 Å². The Balaban J connectivity index is 3.88. The van der Waals surface area contributed by atoms with Gasteiger partial charge in [-0.3, -0.25) is 4.79 Å². The van der Waals surface area contributed by atoms with E-state index in [1.54, 1.807) is 6.92 Å². The molecule has 5 heteroatoms. The first-order valence-electron chi connectivity index (χ1n) is 2.87. The van der Waals surface area contributed by atoms with Crippen molar-refractivity contribution in [3.8, 4) is 0 Å². The van der Waals surface area contributed by atoms with Crippen molar-refractivity contribution in [1.29, 1.82) is 0 Å². The molecule has 2 nitrogen and oxygen atoms in total. The molecule has 0 aliphatic carbocycles. The molecule has 0 atom stereocenters. The van der Waals surface area contributed by atoms with Gasteiger partial charge in [0, 0.05) is 28.7 Å². The first-order chi connectivity index (χ1) is 4.98. The molecule has 0 aromatic carbocycles. The molecule has 0 saturated heterocycles. The van der Waals surface area contributed by atoms with E-state index in [9.17, 15) is 13.6 Å². The van der Waals surface area contributed by atoms with Gasteiger partial charge >= 0.3 is 3.93 Å². The van der Waals surface area contributed by atoms with E-state index in [-0.39, 0.29) is 0 Å². The molecule has 0 aliphatic rings. The van der Waals surface area contributed by atoms with Crippen LogP contribution in [-0.2, 0) is 9.53 Å². The number of hydrogen-bond acceptors (Lipinski definition) is 2. The van der Waals surface area contributed by atoms with Crippen LogP contribution < -0.4 is 0 Å². The summed E-state index contributed by atoms with van der Waals surface area (Å²) in [7, 11) is 0. The third-order valence-electron chi connectivity index (χ3n) is 0.762. The van der Waals surface area contributed by atoms with Crippen LogP contribution in [0.1, 0.15) is 6.92 Å². The van der Waals surface area contributed by atoms with Crippen LogP contribution in [0.25, 0.3) is 0 Å². The van der Waals surface area contributed by atoms with Crippen LogP contribution in [0.5, 0.6) is 0 Å². The number of alkyl halides is 3. The van der Waals surface area contributed by atoms with Gasteiger partial charge in [0.1, 0.15) is 0 Å². The molecular weight excluding hydrogens is 269 g/mol. The highest BCUT2D eigenvalue weighted by Crippen LogP contribution is 2.23. The fourth-order valence-electron chi connectivity index (χ4n) is 0.301. The van der Waals surface area contributed by atoms with E-state index in [1.165, 1.54) is 0 Å². The predicted octanol–water partition coefficient (Wildman–Crippen LogP) is 2.13. The van der Waals surface area contributed by atoms with E-state index in [0.29, 0.717) is 6.61 Å². The van der Waals surface area contributed by atoms with Gasteiger partial charge in [-0.1, -0.05) is 0 Å². The van der Waals surface area contributed by atoms with E-state index in [4.69, 9.17) is 0 Å². The Kier molecular flexibility index (Phi) is 4.55. The standard InChI is InChI=1S/C6H7F2IO2/c1-2-11-4-3-5(10)6(7,8)9/h3-4H,2H2,1H3/b4-3+. The smallest absolute Gasteiger partial charge is 0.357 e. The Morgan fingerprint density at radius 1 is 1.73 bits per heavy atom. The highest BCUT2D eigenvalue weighted by Gasteiger charge is 2.32. The predicted molar refractivity (Wildman–Crippen MR) is 44.7 cm³/mol. The van der Waals surface area contributed by atoms with Crippen molar-refractivity contribution in [3.05, 3.63) is 12.3 Å². The van der Waals surface area contributed by atoms with Crippen molar-refractivity contribution in [2.45, 2.75) is 10.9 Å². The molecule has 11 heavy (non-hydrogen) atoms. The zero-order valence-electron chi connectivity index (χ0n) is 5.81. The highest BCUT2D eigenvalue weighted by atomic mass is 127. The van der Waals surface area contributed by atoms with Crippen molar-refractivity contribution in [3.63, 3.8) is 0 Å². The number of allylic oxidation sites excluding steroid dienone is 1. The van der Waals surface area contributed by atoms with Gasteiger partial charge in [0.15, 0.2) is 0 Å². The van der Waals surface area contributed by atoms with Gasteiger partial charge in [0.2, 0.25) is 5.78 Å². The quantitative estimate of drug-likeness (QED) is 0.340. The molecule has 0 amide bonds. The first kappa shape index (κ1) is 10.8. The first-order valence-corrected chi connectivity index (χ1v) is 3.95. The zero-order chi connectivity index (χ0) is 8.91. The molecule has 0 aromatic heterocycles. The molecule has 0 heterocycles. The van der Waals surface area contributed by atoms with E-state index in [0.717, 1.165) is 34.9 Å². The highest BCUT2D eigenvalue weighted by molar-refractivity contribution is 14.1. The molecule has 0 aliphatic heterocycles. The number of carbonyl (C=O) groups excluding carboxylic acids is 1. The van der Waals surface area contributed by atoms with Crippen LogP contribution in [0.15, 0.2) is 12.3 Å². The Hall–Kier alpha value is -0.200. The molecule has 0 radical (unpaired) electrons. The maximum absolute atomic E-state index is 12.1. The van der Waals surface area contributed by atoms with Crippen molar-refractivity contribution >= 4 is 28.4 Å². The van der Waals surface area contributed by atoms with Gasteiger partial charge in [-0.15, -0.1) is 0 Å². The van der Waals surface area contributed by atoms with Gasteiger partial charge in [0.05, 0.1) is 12.9 Å². The lowest BCUT2D eigenvalue weighted by Gasteiger charge is -2.01. The number of carbonyl (C=O) groups is 1. The molecular formula is C6H7F2IO2. The summed E-state index contributed by atoms with van der Waals surface area (Å²) in [6.07, 6.45) is 1.69. The summed E-state index contributed by atoms with van der Waals surface area (Å²) >= 11 is 0.765. The van der Waals surface area contributed by atoms with E-state index in [1.807, 2.05) is 0 Å². The Morgan fingerprint density at radius 3 is 2.64 bits per heavy atom. The van der Waals surface area contributed by atoms with Crippen LogP contribution >= 0.6 is 22.6 Å². The minimum Gasteiger partial charge on any atom is -0.501 e. The van der Waals surface area contributed by atoms with E-state index >= 15 is 0 Å². The summed E-state index contributed by atoms with van der Waals surface area (Å²) in [5.41, 5.74) is 0. The number of ketones is 1. The molecule has 0 spiro atoms. The van der Waals surface area contributed by atoms with Crippen LogP contribution in [-0.4, -0.2) is 16.3 Å². The van der Waals surface area contributed by atoms with E-state index in [2.05, 4.69) is 4.74 Å². The van der Waals surface area contributed by atoms with Gasteiger partial charge in [-0.2, -0.15) is 8.78 Å². The molecule has 0 rings (SSSR count). The molecule has 0 saturated carbocycles.